The van der Waals surface area contributed by atoms with Gasteiger partial charge in [0.15, 0.2) is 23.3 Å². The standard InChI is InChI=1S/C14H18F2N4/c1-2-7-18-13-11(15)9-12(16)14(19-13)20(8-3-6-17)10-4-5-10/h9-10H,2-5,7-8H2,1H3,(H,18,19). The van der Waals surface area contributed by atoms with Crippen molar-refractivity contribution in [3.8, 4) is 6.07 Å². The third kappa shape index (κ3) is 3.35. The smallest absolute Gasteiger partial charge is 0.168 e. The summed E-state index contributed by atoms with van der Waals surface area (Å²) in [6.07, 6.45) is 3.05. The first kappa shape index (κ1) is 14.5. The minimum atomic E-state index is -0.685. The number of nitrogens with zero attached hydrogens (tertiary/aromatic N) is 3. The number of rotatable bonds is 7. The summed E-state index contributed by atoms with van der Waals surface area (Å²) in [4.78, 5) is 5.85. The molecule has 1 aromatic rings. The van der Waals surface area contributed by atoms with Crippen LogP contribution in [0.1, 0.15) is 32.6 Å². The minimum absolute atomic E-state index is 0.0749. The fraction of sp³-hybridized carbons (Fsp3) is 0.571. The number of anilines is 2. The third-order valence-corrected chi connectivity index (χ3v) is 3.18. The summed E-state index contributed by atoms with van der Waals surface area (Å²) in [5.41, 5.74) is 0. The molecule has 108 valence electrons. The summed E-state index contributed by atoms with van der Waals surface area (Å²) in [7, 11) is 0. The topological polar surface area (TPSA) is 52.0 Å². The second-order valence-electron chi connectivity index (χ2n) is 4.88. The van der Waals surface area contributed by atoms with Crippen molar-refractivity contribution in [1.82, 2.24) is 4.98 Å². The zero-order chi connectivity index (χ0) is 14.5. The molecule has 1 saturated carbocycles. The monoisotopic (exact) mass is 280 g/mol. The molecule has 0 aliphatic heterocycles. The van der Waals surface area contributed by atoms with Crippen molar-refractivity contribution in [2.45, 2.75) is 38.6 Å². The van der Waals surface area contributed by atoms with Gasteiger partial charge in [0.25, 0.3) is 0 Å². The highest BCUT2D eigenvalue weighted by Crippen LogP contribution is 2.33. The van der Waals surface area contributed by atoms with Crippen LogP contribution in [0.15, 0.2) is 6.07 Å². The van der Waals surface area contributed by atoms with Gasteiger partial charge < -0.3 is 10.2 Å². The summed E-state index contributed by atoms with van der Waals surface area (Å²) in [6, 6.07) is 3.13. The predicted molar refractivity (Wildman–Crippen MR) is 73.5 cm³/mol. The third-order valence-electron chi connectivity index (χ3n) is 3.18. The lowest BCUT2D eigenvalue weighted by atomic mass is 10.3. The van der Waals surface area contributed by atoms with Gasteiger partial charge in [-0.15, -0.1) is 0 Å². The molecule has 0 atom stereocenters. The van der Waals surface area contributed by atoms with Crippen LogP contribution in [0.4, 0.5) is 20.4 Å². The van der Waals surface area contributed by atoms with Gasteiger partial charge in [-0.2, -0.15) is 5.26 Å². The van der Waals surface area contributed by atoms with Gasteiger partial charge in [-0.3, -0.25) is 0 Å². The average Bonchev–Trinajstić information content (AvgIpc) is 3.24. The van der Waals surface area contributed by atoms with E-state index in [0.717, 1.165) is 25.3 Å². The van der Waals surface area contributed by atoms with Gasteiger partial charge >= 0.3 is 0 Å². The number of aromatic nitrogens is 1. The SMILES string of the molecule is CCCNc1nc(N(CCC#N)C2CC2)c(F)cc1F. The number of nitriles is 1. The van der Waals surface area contributed by atoms with Crippen LogP contribution in [0.3, 0.4) is 0 Å². The summed E-state index contributed by atoms with van der Waals surface area (Å²) < 4.78 is 27.6. The van der Waals surface area contributed by atoms with Crippen molar-refractivity contribution in [2.75, 3.05) is 23.3 Å². The maximum atomic E-state index is 14.0. The first-order chi connectivity index (χ1) is 9.67. The highest BCUT2D eigenvalue weighted by Gasteiger charge is 2.32. The Morgan fingerprint density at radius 3 is 2.80 bits per heavy atom. The largest absolute Gasteiger partial charge is 0.368 e. The molecule has 2 rings (SSSR count). The number of hydrogen-bond donors (Lipinski definition) is 1. The molecular formula is C14H18F2N4. The molecule has 6 heteroatoms. The second kappa shape index (κ2) is 6.51. The zero-order valence-corrected chi connectivity index (χ0v) is 11.5. The molecule has 1 N–H and O–H groups in total. The average molecular weight is 280 g/mol. The molecule has 0 spiro atoms. The first-order valence-corrected chi connectivity index (χ1v) is 6.90. The Morgan fingerprint density at radius 2 is 2.20 bits per heavy atom. The highest BCUT2D eigenvalue weighted by molar-refractivity contribution is 5.50. The summed E-state index contributed by atoms with van der Waals surface area (Å²) >= 11 is 0. The van der Waals surface area contributed by atoms with Crippen molar-refractivity contribution < 1.29 is 8.78 Å². The Morgan fingerprint density at radius 1 is 1.45 bits per heavy atom. The van der Waals surface area contributed by atoms with E-state index in [0.29, 0.717) is 19.5 Å². The molecule has 20 heavy (non-hydrogen) atoms. The summed E-state index contributed by atoms with van der Waals surface area (Å²) in [6.45, 7) is 2.96. The Labute approximate surface area is 117 Å². The van der Waals surface area contributed by atoms with Gasteiger partial charge in [-0.1, -0.05) is 6.92 Å². The van der Waals surface area contributed by atoms with Crippen molar-refractivity contribution >= 4 is 11.6 Å². The maximum Gasteiger partial charge on any atom is 0.168 e. The zero-order valence-electron chi connectivity index (χ0n) is 11.5. The van der Waals surface area contributed by atoms with Crippen LogP contribution < -0.4 is 10.2 Å². The van der Waals surface area contributed by atoms with E-state index < -0.39 is 11.6 Å². The van der Waals surface area contributed by atoms with Crippen LogP contribution in [-0.4, -0.2) is 24.1 Å². The number of pyridine rings is 1. The van der Waals surface area contributed by atoms with Crippen LogP contribution in [0.5, 0.6) is 0 Å². The van der Waals surface area contributed by atoms with E-state index in [1.807, 2.05) is 13.0 Å². The van der Waals surface area contributed by atoms with E-state index in [-0.39, 0.29) is 17.7 Å². The predicted octanol–water partition coefficient (Wildman–Crippen LogP) is 3.06. The molecule has 0 saturated heterocycles. The Hall–Kier alpha value is -1.90. The van der Waals surface area contributed by atoms with E-state index in [1.54, 1.807) is 4.90 Å². The lowest BCUT2D eigenvalue weighted by Gasteiger charge is -2.23. The van der Waals surface area contributed by atoms with Gasteiger partial charge in [0.1, 0.15) is 0 Å². The lowest BCUT2D eigenvalue weighted by Crippen LogP contribution is -2.29. The maximum absolute atomic E-state index is 14.0. The van der Waals surface area contributed by atoms with E-state index in [4.69, 9.17) is 5.26 Å². The van der Waals surface area contributed by atoms with Gasteiger partial charge in [-0.25, -0.2) is 13.8 Å². The summed E-state index contributed by atoms with van der Waals surface area (Å²) in [5, 5.41) is 11.5. The molecule has 1 fully saturated rings. The van der Waals surface area contributed by atoms with Crippen molar-refractivity contribution in [2.24, 2.45) is 0 Å². The van der Waals surface area contributed by atoms with Crippen molar-refractivity contribution in [3.63, 3.8) is 0 Å². The number of hydrogen-bond acceptors (Lipinski definition) is 4. The van der Waals surface area contributed by atoms with E-state index in [2.05, 4.69) is 10.3 Å². The van der Waals surface area contributed by atoms with Crippen molar-refractivity contribution in [1.29, 1.82) is 5.26 Å². The van der Waals surface area contributed by atoms with Gasteiger partial charge in [0.2, 0.25) is 0 Å². The Bertz CT molecular complexity index is 509. The van der Waals surface area contributed by atoms with Crippen LogP contribution in [0, 0.1) is 23.0 Å². The molecular weight excluding hydrogens is 262 g/mol. The van der Waals surface area contributed by atoms with Gasteiger partial charge in [-0.05, 0) is 19.3 Å². The molecule has 0 bridgehead atoms. The molecule has 0 amide bonds. The fourth-order valence-electron chi connectivity index (χ4n) is 2.04. The highest BCUT2D eigenvalue weighted by atomic mass is 19.1. The molecule has 1 aromatic heterocycles. The van der Waals surface area contributed by atoms with Crippen LogP contribution in [0.25, 0.3) is 0 Å². The minimum Gasteiger partial charge on any atom is -0.368 e. The van der Waals surface area contributed by atoms with Crippen LogP contribution in [-0.2, 0) is 0 Å². The molecule has 1 aliphatic carbocycles. The normalized spacial score (nSPS) is 13.9. The van der Waals surface area contributed by atoms with E-state index in [1.165, 1.54) is 0 Å². The quantitative estimate of drug-likeness (QED) is 0.834. The van der Waals surface area contributed by atoms with Gasteiger partial charge in [0.05, 0.1) is 12.5 Å². The number of halogens is 2. The molecule has 0 aromatic carbocycles. The molecule has 1 heterocycles. The Balaban J connectivity index is 2.25. The number of nitrogens with one attached hydrogen (secondary N) is 1. The van der Waals surface area contributed by atoms with Crippen LogP contribution in [0.2, 0.25) is 0 Å². The summed E-state index contributed by atoms with van der Waals surface area (Å²) in [5.74, 6) is -1.14. The molecule has 0 radical (unpaired) electrons. The first-order valence-electron chi connectivity index (χ1n) is 6.90. The lowest BCUT2D eigenvalue weighted by molar-refractivity contribution is 0.568. The van der Waals surface area contributed by atoms with E-state index >= 15 is 0 Å². The molecule has 0 unspecified atom stereocenters. The van der Waals surface area contributed by atoms with Gasteiger partial charge in [0, 0.05) is 25.2 Å². The van der Waals surface area contributed by atoms with E-state index in [9.17, 15) is 8.78 Å². The second-order valence-corrected chi connectivity index (χ2v) is 4.88. The fourth-order valence-corrected chi connectivity index (χ4v) is 2.04. The molecule has 4 nitrogen and oxygen atoms in total. The molecule has 1 aliphatic rings. The Kier molecular flexibility index (Phi) is 4.72. The van der Waals surface area contributed by atoms with Crippen LogP contribution >= 0.6 is 0 Å². The van der Waals surface area contributed by atoms with Crippen molar-refractivity contribution in [3.05, 3.63) is 17.7 Å².